The van der Waals surface area contributed by atoms with Gasteiger partial charge in [0.2, 0.25) is 5.91 Å². The molecule has 4 nitrogen and oxygen atoms in total. The SMILES string of the molecule is COc1cc(CCNC(C)=O)cc(Cl)c1OC. The minimum Gasteiger partial charge on any atom is -0.493 e. The Kier molecular flexibility index (Phi) is 5.10. The Balaban J connectivity index is 2.80. The van der Waals surface area contributed by atoms with Crippen LogP contribution in [0, 0.1) is 0 Å². The summed E-state index contributed by atoms with van der Waals surface area (Å²) < 4.78 is 10.3. The third kappa shape index (κ3) is 3.82. The summed E-state index contributed by atoms with van der Waals surface area (Å²) in [6, 6.07) is 3.66. The fraction of sp³-hybridized carbons (Fsp3) is 0.417. The van der Waals surface area contributed by atoms with Crippen LogP contribution in [0.1, 0.15) is 12.5 Å². The van der Waals surface area contributed by atoms with Gasteiger partial charge in [-0.3, -0.25) is 4.79 Å². The lowest BCUT2D eigenvalue weighted by Crippen LogP contribution is -2.22. The fourth-order valence-corrected chi connectivity index (χ4v) is 1.81. The number of carbonyl (C=O) groups excluding carboxylic acids is 1. The van der Waals surface area contributed by atoms with Gasteiger partial charge in [-0.1, -0.05) is 11.6 Å². The maximum atomic E-state index is 10.7. The van der Waals surface area contributed by atoms with Crippen molar-refractivity contribution in [3.8, 4) is 11.5 Å². The molecule has 0 heterocycles. The van der Waals surface area contributed by atoms with E-state index in [0.717, 1.165) is 5.56 Å². The molecule has 0 saturated heterocycles. The molecule has 1 rings (SSSR count). The summed E-state index contributed by atoms with van der Waals surface area (Å²) in [6.07, 6.45) is 0.694. The van der Waals surface area contributed by atoms with Crippen molar-refractivity contribution >= 4 is 17.5 Å². The van der Waals surface area contributed by atoms with Crippen molar-refractivity contribution in [1.29, 1.82) is 0 Å². The fourth-order valence-electron chi connectivity index (χ4n) is 1.50. The molecule has 94 valence electrons. The number of ether oxygens (including phenoxy) is 2. The van der Waals surface area contributed by atoms with E-state index in [2.05, 4.69) is 5.32 Å². The summed E-state index contributed by atoms with van der Waals surface area (Å²) in [4.78, 5) is 10.7. The average Bonchev–Trinajstić information content (AvgIpc) is 2.27. The second-order valence-corrected chi connectivity index (χ2v) is 3.95. The first-order valence-electron chi connectivity index (χ1n) is 5.23. The molecular formula is C12H16ClNO3. The summed E-state index contributed by atoms with van der Waals surface area (Å²) in [5, 5.41) is 3.23. The van der Waals surface area contributed by atoms with Crippen molar-refractivity contribution in [3.05, 3.63) is 22.7 Å². The third-order valence-corrected chi connectivity index (χ3v) is 2.56. The molecule has 0 unspecified atom stereocenters. The van der Waals surface area contributed by atoms with Gasteiger partial charge in [-0.05, 0) is 24.1 Å². The smallest absolute Gasteiger partial charge is 0.216 e. The van der Waals surface area contributed by atoms with E-state index in [0.29, 0.717) is 29.5 Å². The molecule has 1 amide bonds. The molecule has 0 aliphatic carbocycles. The molecule has 0 aliphatic rings. The Morgan fingerprint density at radius 3 is 2.59 bits per heavy atom. The number of methoxy groups -OCH3 is 2. The first-order chi connectivity index (χ1) is 8.08. The zero-order valence-corrected chi connectivity index (χ0v) is 10.9. The molecule has 0 spiro atoms. The van der Waals surface area contributed by atoms with Crippen LogP contribution in [0.25, 0.3) is 0 Å². The van der Waals surface area contributed by atoms with Crippen LogP contribution in [0.4, 0.5) is 0 Å². The van der Waals surface area contributed by atoms with Gasteiger partial charge < -0.3 is 14.8 Å². The largest absolute Gasteiger partial charge is 0.493 e. The molecule has 1 aromatic carbocycles. The van der Waals surface area contributed by atoms with Crippen molar-refractivity contribution in [1.82, 2.24) is 5.32 Å². The summed E-state index contributed by atoms with van der Waals surface area (Å²) in [7, 11) is 3.10. The Hall–Kier alpha value is -1.42. The minimum atomic E-state index is -0.0448. The first kappa shape index (κ1) is 13.6. The van der Waals surface area contributed by atoms with E-state index in [4.69, 9.17) is 21.1 Å². The van der Waals surface area contributed by atoms with E-state index in [-0.39, 0.29) is 5.91 Å². The summed E-state index contributed by atoms with van der Waals surface area (Å²) in [6.45, 7) is 2.06. The van der Waals surface area contributed by atoms with Crippen LogP contribution >= 0.6 is 11.6 Å². The number of nitrogens with one attached hydrogen (secondary N) is 1. The molecule has 0 aromatic heterocycles. The monoisotopic (exact) mass is 257 g/mol. The molecule has 0 saturated carbocycles. The molecule has 0 fully saturated rings. The lowest BCUT2D eigenvalue weighted by Gasteiger charge is -2.11. The van der Waals surface area contributed by atoms with Crippen LogP contribution < -0.4 is 14.8 Å². The molecular weight excluding hydrogens is 242 g/mol. The number of carbonyl (C=O) groups is 1. The predicted molar refractivity (Wildman–Crippen MR) is 66.9 cm³/mol. The predicted octanol–water partition coefficient (Wildman–Crippen LogP) is 2.04. The molecule has 1 aromatic rings. The third-order valence-electron chi connectivity index (χ3n) is 2.28. The average molecular weight is 258 g/mol. The highest BCUT2D eigenvalue weighted by atomic mass is 35.5. The Morgan fingerprint density at radius 2 is 2.06 bits per heavy atom. The number of hydrogen-bond acceptors (Lipinski definition) is 3. The molecule has 5 heteroatoms. The van der Waals surface area contributed by atoms with Crippen LogP contribution in [0.5, 0.6) is 11.5 Å². The van der Waals surface area contributed by atoms with E-state index in [9.17, 15) is 4.79 Å². The summed E-state index contributed by atoms with van der Waals surface area (Å²) in [5.74, 6) is 1.08. The van der Waals surface area contributed by atoms with Gasteiger partial charge in [0.25, 0.3) is 0 Å². The second-order valence-electron chi connectivity index (χ2n) is 3.55. The topological polar surface area (TPSA) is 47.6 Å². The molecule has 0 radical (unpaired) electrons. The second kappa shape index (κ2) is 6.35. The van der Waals surface area contributed by atoms with Gasteiger partial charge in [0, 0.05) is 13.5 Å². The van der Waals surface area contributed by atoms with Crippen LogP contribution in [-0.2, 0) is 11.2 Å². The molecule has 0 bridgehead atoms. The van der Waals surface area contributed by atoms with Gasteiger partial charge >= 0.3 is 0 Å². The molecule has 0 atom stereocenters. The molecule has 1 N–H and O–H groups in total. The quantitative estimate of drug-likeness (QED) is 0.878. The maximum absolute atomic E-state index is 10.7. The van der Waals surface area contributed by atoms with Gasteiger partial charge in [-0.2, -0.15) is 0 Å². The maximum Gasteiger partial charge on any atom is 0.216 e. The molecule has 0 aliphatic heterocycles. The van der Waals surface area contributed by atoms with E-state index < -0.39 is 0 Å². The standard InChI is InChI=1S/C12H16ClNO3/c1-8(15)14-5-4-9-6-10(13)12(17-3)11(7-9)16-2/h6-7H,4-5H2,1-3H3,(H,14,15). The minimum absolute atomic E-state index is 0.0448. The van der Waals surface area contributed by atoms with Gasteiger partial charge in [0.1, 0.15) is 0 Å². The van der Waals surface area contributed by atoms with Crippen LogP contribution in [0.2, 0.25) is 5.02 Å². The van der Waals surface area contributed by atoms with Gasteiger partial charge in [0.15, 0.2) is 11.5 Å². The summed E-state index contributed by atoms with van der Waals surface area (Å²) >= 11 is 6.06. The van der Waals surface area contributed by atoms with E-state index in [1.165, 1.54) is 6.92 Å². The van der Waals surface area contributed by atoms with Gasteiger partial charge in [-0.15, -0.1) is 0 Å². The number of amides is 1. The normalized spacial score (nSPS) is 9.88. The molecule has 17 heavy (non-hydrogen) atoms. The van der Waals surface area contributed by atoms with Crippen molar-refractivity contribution in [3.63, 3.8) is 0 Å². The number of hydrogen-bond donors (Lipinski definition) is 1. The first-order valence-corrected chi connectivity index (χ1v) is 5.61. The van der Waals surface area contributed by atoms with Crippen molar-refractivity contribution in [2.75, 3.05) is 20.8 Å². The van der Waals surface area contributed by atoms with Crippen molar-refractivity contribution < 1.29 is 14.3 Å². The highest BCUT2D eigenvalue weighted by Gasteiger charge is 2.10. The van der Waals surface area contributed by atoms with Crippen molar-refractivity contribution in [2.24, 2.45) is 0 Å². The number of halogens is 1. The van der Waals surface area contributed by atoms with Crippen LogP contribution in [0.3, 0.4) is 0 Å². The zero-order valence-electron chi connectivity index (χ0n) is 10.2. The zero-order chi connectivity index (χ0) is 12.8. The Labute approximate surface area is 106 Å². The highest BCUT2D eigenvalue weighted by molar-refractivity contribution is 6.32. The highest BCUT2D eigenvalue weighted by Crippen LogP contribution is 2.35. The van der Waals surface area contributed by atoms with Gasteiger partial charge in [0.05, 0.1) is 19.2 Å². The van der Waals surface area contributed by atoms with E-state index >= 15 is 0 Å². The number of rotatable bonds is 5. The summed E-state index contributed by atoms with van der Waals surface area (Å²) in [5.41, 5.74) is 0.987. The van der Waals surface area contributed by atoms with E-state index in [1.54, 1.807) is 14.2 Å². The van der Waals surface area contributed by atoms with E-state index in [1.807, 2.05) is 12.1 Å². The Morgan fingerprint density at radius 1 is 1.35 bits per heavy atom. The van der Waals surface area contributed by atoms with Crippen molar-refractivity contribution in [2.45, 2.75) is 13.3 Å². The lowest BCUT2D eigenvalue weighted by molar-refractivity contribution is -0.118. The van der Waals surface area contributed by atoms with Crippen LogP contribution in [-0.4, -0.2) is 26.7 Å². The van der Waals surface area contributed by atoms with Gasteiger partial charge in [-0.25, -0.2) is 0 Å². The lowest BCUT2D eigenvalue weighted by atomic mass is 10.1. The Bertz CT molecular complexity index is 407. The van der Waals surface area contributed by atoms with Crippen LogP contribution in [0.15, 0.2) is 12.1 Å². The number of benzene rings is 1.